The van der Waals surface area contributed by atoms with Gasteiger partial charge < -0.3 is 10.1 Å². The Labute approximate surface area is 249 Å². The van der Waals surface area contributed by atoms with Crippen molar-refractivity contribution in [3.8, 4) is 11.3 Å². The summed E-state index contributed by atoms with van der Waals surface area (Å²) < 4.78 is 76.9. The van der Waals surface area contributed by atoms with Crippen molar-refractivity contribution in [2.75, 3.05) is 19.6 Å². The Kier molecular flexibility index (Phi) is 9.88. The molecule has 4 rings (SSSR count). The number of likely N-dealkylation sites (tertiary alicyclic amines) is 1. The van der Waals surface area contributed by atoms with E-state index in [1.54, 1.807) is 32.6 Å². The van der Waals surface area contributed by atoms with Crippen LogP contribution in [0.4, 0.5) is 22.0 Å². The number of rotatable bonds is 9. The molecule has 2 atom stereocenters. The summed E-state index contributed by atoms with van der Waals surface area (Å²) in [7, 11) is 0. The van der Waals surface area contributed by atoms with Crippen molar-refractivity contribution in [2.24, 2.45) is 5.92 Å². The average molecular weight is 613 g/mol. The lowest BCUT2D eigenvalue weighted by Crippen LogP contribution is -2.48. The van der Waals surface area contributed by atoms with E-state index in [4.69, 9.17) is 4.74 Å². The van der Waals surface area contributed by atoms with Crippen LogP contribution in [0.25, 0.3) is 11.3 Å². The maximum atomic E-state index is 14.0. The number of benzene rings is 1. The summed E-state index contributed by atoms with van der Waals surface area (Å²) in [4.78, 5) is 28.2. The molecule has 1 aromatic carbocycles. The number of nitrogens with one attached hydrogen (secondary N) is 1. The molecule has 12 heteroatoms. The molecule has 43 heavy (non-hydrogen) atoms. The number of carbonyl (C=O) groups excluding carboxylic acids is 2. The Hall–Kier alpha value is -3.02. The molecule has 1 saturated carbocycles. The fourth-order valence-electron chi connectivity index (χ4n) is 5.89. The first-order valence-electron chi connectivity index (χ1n) is 14.9. The van der Waals surface area contributed by atoms with Crippen molar-refractivity contribution < 1.29 is 36.3 Å². The van der Waals surface area contributed by atoms with E-state index in [-0.39, 0.29) is 42.4 Å². The second-order valence-electron chi connectivity index (χ2n) is 12.8. The van der Waals surface area contributed by atoms with E-state index in [9.17, 15) is 31.5 Å². The highest BCUT2D eigenvalue weighted by molar-refractivity contribution is 5.94. The standard InChI is InChI=1S/C31H41F5N4O3/c1-20(28(42)43-29(2,3)4)24(14-17-39-16-9-15-30(32,33)19-39)37-27(41)25-18-26(40(38-25)21-10-5-6-11-21)22-12-7-8-13-23(22)31(34,35)36/h7-8,12-13,18,20-21,24H,5-6,9-11,14-17,19H2,1-4H3,(H,37,41)/t20?,24-/m0/s1. The zero-order chi connectivity index (χ0) is 31.6. The molecule has 1 amide bonds. The van der Waals surface area contributed by atoms with Gasteiger partial charge in [-0.15, -0.1) is 0 Å². The van der Waals surface area contributed by atoms with Gasteiger partial charge in [-0.05, 0) is 72.1 Å². The molecule has 1 saturated heterocycles. The smallest absolute Gasteiger partial charge is 0.417 e. The van der Waals surface area contributed by atoms with Crippen molar-refractivity contribution in [3.05, 3.63) is 41.6 Å². The molecule has 2 heterocycles. The average Bonchev–Trinajstić information content (AvgIpc) is 3.59. The van der Waals surface area contributed by atoms with E-state index < -0.39 is 53.6 Å². The third-order valence-electron chi connectivity index (χ3n) is 8.07. The minimum absolute atomic E-state index is 0.0712. The summed E-state index contributed by atoms with van der Waals surface area (Å²) in [5.41, 5.74) is -1.56. The van der Waals surface area contributed by atoms with Gasteiger partial charge in [-0.25, -0.2) is 8.78 Å². The van der Waals surface area contributed by atoms with E-state index >= 15 is 0 Å². The SMILES string of the molecule is CC(C(=O)OC(C)(C)C)[C@H](CCN1CCCC(F)(F)C1)NC(=O)c1cc(-c2ccccc2C(F)(F)F)n(C2CCCC2)n1. The highest BCUT2D eigenvalue weighted by Gasteiger charge is 2.38. The summed E-state index contributed by atoms with van der Waals surface area (Å²) in [6.45, 7) is 7.05. The lowest BCUT2D eigenvalue weighted by Gasteiger charge is -2.34. The van der Waals surface area contributed by atoms with E-state index in [1.165, 1.54) is 28.9 Å². The number of carbonyl (C=O) groups is 2. The largest absolute Gasteiger partial charge is 0.460 e. The summed E-state index contributed by atoms with van der Waals surface area (Å²) >= 11 is 0. The van der Waals surface area contributed by atoms with Crippen LogP contribution >= 0.6 is 0 Å². The van der Waals surface area contributed by atoms with Crippen LogP contribution in [-0.4, -0.2) is 63.8 Å². The molecule has 2 fully saturated rings. The zero-order valence-electron chi connectivity index (χ0n) is 25.1. The second-order valence-corrected chi connectivity index (χ2v) is 12.8. The minimum atomic E-state index is -4.61. The fourth-order valence-corrected chi connectivity index (χ4v) is 5.89. The van der Waals surface area contributed by atoms with Crippen LogP contribution in [0.1, 0.15) is 94.7 Å². The molecule has 0 radical (unpaired) electrons. The van der Waals surface area contributed by atoms with Crippen molar-refractivity contribution in [1.82, 2.24) is 20.0 Å². The lowest BCUT2D eigenvalue weighted by molar-refractivity contribution is -0.160. The van der Waals surface area contributed by atoms with Gasteiger partial charge in [0.1, 0.15) is 5.60 Å². The summed E-state index contributed by atoms with van der Waals surface area (Å²) in [6, 6.07) is 5.61. The monoisotopic (exact) mass is 612 g/mol. The van der Waals surface area contributed by atoms with Gasteiger partial charge in [0.25, 0.3) is 11.8 Å². The highest BCUT2D eigenvalue weighted by atomic mass is 19.4. The van der Waals surface area contributed by atoms with Crippen LogP contribution in [0.2, 0.25) is 0 Å². The van der Waals surface area contributed by atoms with Crippen LogP contribution < -0.4 is 5.32 Å². The number of alkyl halides is 5. The van der Waals surface area contributed by atoms with Gasteiger partial charge >= 0.3 is 12.1 Å². The number of halogens is 5. The van der Waals surface area contributed by atoms with E-state index in [1.807, 2.05) is 0 Å². The van der Waals surface area contributed by atoms with Gasteiger partial charge in [0.05, 0.1) is 29.8 Å². The van der Waals surface area contributed by atoms with Gasteiger partial charge in [-0.1, -0.05) is 31.0 Å². The Morgan fingerprint density at radius 2 is 1.79 bits per heavy atom. The molecule has 1 aliphatic carbocycles. The van der Waals surface area contributed by atoms with Crippen molar-refractivity contribution in [2.45, 2.75) is 102 Å². The number of ether oxygens (including phenoxy) is 1. The third kappa shape index (κ3) is 8.55. The molecule has 0 bridgehead atoms. The zero-order valence-corrected chi connectivity index (χ0v) is 25.1. The molecule has 1 N–H and O–H groups in total. The lowest BCUT2D eigenvalue weighted by atomic mass is 9.97. The third-order valence-corrected chi connectivity index (χ3v) is 8.07. The molecule has 2 aliphatic rings. The van der Waals surface area contributed by atoms with Crippen LogP contribution in [0.15, 0.2) is 30.3 Å². The molecule has 0 spiro atoms. The van der Waals surface area contributed by atoms with Gasteiger partial charge in [-0.3, -0.25) is 19.2 Å². The Morgan fingerprint density at radius 3 is 2.42 bits per heavy atom. The summed E-state index contributed by atoms with van der Waals surface area (Å²) in [5.74, 6) is -4.84. The Balaban J connectivity index is 1.62. The van der Waals surface area contributed by atoms with Crippen LogP contribution in [0.3, 0.4) is 0 Å². The highest BCUT2D eigenvalue weighted by Crippen LogP contribution is 2.40. The molecular weight excluding hydrogens is 571 g/mol. The first-order chi connectivity index (χ1) is 20.0. The number of piperidine rings is 1. The Morgan fingerprint density at radius 1 is 1.12 bits per heavy atom. The van der Waals surface area contributed by atoms with Crippen LogP contribution in [0, 0.1) is 5.92 Å². The predicted molar refractivity (Wildman–Crippen MR) is 152 cm³/mol. The first-order valence-corrected chi connectivity index (χ1v) is 14.9. The van der Waals surface area contributed by atoms with E-state index in [0.717, 1.165) is 31.7 Å². The number of amides is 1. The first kappa shape index (κ1) is 32.9. The molecule has 2 aromatic rings. The number of esters is 1. The second kappa shape index (κ2) is 12.9. The molecule has 7 nitrogen and oxygen atoms in total. The van der Waals surface area contributed by atoms with Gasteiger partial charge in [-0.2, -0.15) is 18.3 Å². The number of aromatic nitrogens is 2. The molecule has 238 valence electrons. The van der Waals surface area contributed by atoms with Crippen molar-refractivity contribution in [3.63, 3.8) is 0 Å². The van der Waals surface area contributed by atoms with Gasteiger partial charge in [0.2, 0.25) is 0 Å². The molecule has 1 unspecified atom stereocenters. The normalized spacial score (nSPS) is 19.7. The number of hydrogen-bond donors (Lipinski definition) is 1. The van der Waals surface area contributed by atoms with Crippen molar-refractivity contribution >= 4 is 11.9 Å². The maximum absolute atomic E-state index is 14.0. The predicted octanol–water partition coefficient (Wildman–Crippen LogP) is 6.88. The van der Waals surface area contributed by atoms with Gasteiger partial charge in [0, 0.05) is 24.6 Å². The van der Waals surface area contributed by atoms with E-state index in [2.05, 4.69) is 10.4 Å². The van der Waals surface area contributed by atoms with E-state index in [0.29, 0.717) is 13.0 Å². The molecular formula is C31H41F5N4O3. The number of hydrogen-bond acceptors (Lipinski definition) is 5. The summed E-state index contributed by atoms with van der Waals surface area (Å²) in [5, 5.41) is 7.32. The molecule has 1 aliphatic heterocycles. The molecule has 1 aromatic heterocycles. The topological polar surface area (TPSA) is 76.5 Å². The van der Waals surface area contributed by atoms with Crippen LogP contribution in [-0.2, 0) is 15.7 Å². The van der Waals surface area contributed by atoms with Crippen molar-refractivity contribution in [1.29, 1.82) is 0 Å². The Bertz CT molecular complexity index is 1280. The van der Waals surface area contributed by atoms with Crippen LogP contribution in [0.5, 0.6) is 0 Å². The maximum Gasteiger partial charge on any atom is 0.417 e. The fraction of sp³-hybridized carbons (Fsp3) is 0.645. The minimum Gasteiger partial charge on any atom is -0.460 e. The quantitative estimate of drug-likeness (QED) is 0.247. The number of nitrogens with zero attached hydrogens (tertiary/aromatic N) is 3. The van der Waals surface area contributed by atoms with Gasteiger partial charge in [0.15, 0.2) is 5.69 Å². The summed E-state index contributed by atoms with van der Waals surface area (Å²) in [6.07, 6.45) is -1.01.